The monoisotopic (exact) mass is 456 g/mol. The van der Waals surface area contributed by atoms with E-state index in [2.05, 4.69) is 11.1 Å². The summed E-state index contributed by atoms with van der Waals surface area (Å²) in [6, 6.07) is 11.0. The maximum Gasteiger partial charge on any atom is 0.222 e. The van der Waals surface area contributed by atoms with Gasteiger partial charge in [0.05, 0.1) is 11.5 Å². The number of benzene rings is 2. The van der Waals surface area contributed by atoms with Gasteiger partial charge in [-0.25, -0.2) is 12.8 Å². The summed E-state index contributed by atoms with van der Waals surface area (Å²) in [5.74, 6) is 0.390. The van der Waals surface area contributed by atoms with Crippen molar-refractivity contribution in [3.05, 3.63) is 66.1 Å². The van der Waals surface area contributed by atoms with Gasteiger partial charge in [-0.3, -0.25) is 4.79 Å². The van der Waals surface area contributed by atoms with Gasteiger partial charge in [0.25, 0.3) is 0 Å². The van der Waals surface area contributed by atoms with Crippen molar-refractivity contribution in [1.29, 1.82) is 0 Å². The molecule has 1 aromatic heterocycles. The maximum absolute atomic E-state index is 13.4. The summed E-state index contributed by atoms with van der Waals surface area (Å²) in [5.41, 5.74) is 2.99. The van der Waals surface area contributed by atoms with Gasteiger partial charge in [0.1, 0.15) is 11.6 Å². The van der Waals surface area contributed by atoms with Crippen molar-refractivity contribution >= 4 is 32.2 Å². The summed E-state index contributed by atoms with van der Waals surface area (Å²) >= 11 is 0. The summed E-state index contributed by atoms with van der Waals surface area (Å²) in [5, 5.41) is 0.985. The number of hydrogen-bond donors (Lipinski definition) is 1. The van der Waals surface area contributed by atoms with Gasteiger partial charge in [0.15, 0.2) is 9.84 Å². The fourth-order valence-electron chi connectivity index (χ4n) is 3.86. The first-order valence-corrected chi connectivity index (χ1v) is 12.4. The largest absolute Gasteiger partial charge is 0.494 e. The Morgan fingerprint density at radius 2 is 1.97 bits per heavy atom. The van der Waals surface area contributed by atoms with Gasteiger partial charge in [-0.1, -0.05) is 6.08 Å². The van der Waals surface area contributed by atoms with Crippen LogP contribution >= 0.6 is 0 Å². The maximum atomic E-state index is 13.4. The van der Waals surface area contributed by atoms with Crippen LogP contribution in [0, 0.1) is 5.82 Å². The van der Waals surface area contributed by atoms with Crippen molar-refractivity contribution in [3.63, 3.8) is 0 Å². The van der Waals surface area contributed by atoms with Crippen molar-refractivity contribution in [2.24, 2.45) is 0 Å². The molecule has 168 valence electrons. The Morgan fingerprint density at radius 3 is 2.66 bits per heavy atom. The summed E-state index contributed by atoms with van der Waals surface area (Å²) < 4.78 is 42.0. The highest BCUT2D eigenvalue weighted by Gasteiger charge is 2.19. The number of nitrogens with one attached hydrogen (secondary N) is 1. The average molecular weight is 457 g/mol. The quantitative estimate of drug-likeness (QED) is 0.541. The van der Waals surface area contributed by atoms with Crippen LogP contribution in [0.5, 0.6) is 5.75 Å². The molecule has 0 fully saturated rings. The number of carbonyl (C=O) groups is 1. The lowest BCUT2D eigenvalue weighted by molar-refractivity contribution is -0.131. The minimum absolute atomic E-state index is 0.0809. The van der Waals surface area contributed by atoms with Gasteiger partial charge in [0.2, 0.25) is 5.91 Å². The molecule has 0 aliphatic carbocycles. The van der Waals surface area contributed by atoms with Crippen LogP contribution in [0.25, 0.3) is 16.5 Å². The van der Waals surface area contributed by atoms with Crippen molar-refractivity contribution in [2.75, 3.05) is 26.0 Å². The zero-order valence-electron chi connectivity index (χ0n) is 17.8. The number of H-pyrrole nitrogens is 1. The molecule has 32 heavy (non-hydrogen) atoms. The van der Waals surface area contributed by atoms with E-state index >= 15 is 0 Å². The zero-order chi connectivity index (χ0) is 22.7. The third-order valence-corrected chi connectivity index (χ3v) is 6.74. The molecule has 8 heteroatoms. The van der Waals surface area contributed by atoms with Crippen LogP contribution in [0.15, 0.2) is 59.6 Å². The van der Waals surface area contributed by atoms with Crippen molar-refractivity contribution < 1.29 is 22.3 Å². The van der Waals surface area contributed by atoms with Gasteiger partial charge in [-0.05, 0) is 60.9 Å². The van der Waals surface area contributed by atoms with Crippen LogP contribution in [-0.4, -0.2) is 50.2 Å². The Hall–Kier alpha value is -3.13. The number of sulfone groups is 1. The standard InChI is InChI=1S/C24H25FN2O4S/c1-32(29,30)20-7-5-19(6-8-20)31-14-2-3-24(28)27-12-10-17(11-13-27)22-16-26-23-15-18(25)4-9-21(22)23/h4-10,15-16,26H,2-3,11-14H2,1H3. The molecule has 0 radical (unpaired) electrons. The number of halogens is 1. The highest BCUT2D eigenvalue weighted by Crippen LogP contribution is 2.29. The Morgan fingerprint density at radius 1 is 1.19 bits per heavy atom. The molecule has 4 rings (SSSR count). The zero-order valence-corrected chi connectivity index (χ0v) is 18.6. The molecule has 6 nitrogen and oxygen atoms in total. The topological polar surface area (TPSA) is 79.5 Å². The molecule has 0 unspecified atom stereocenters. The number of ether oxygens (including phenoxy) is 1. The predicted molar refractivity (Wildman–Crippen MR) is 122 cm³/mol. The van der Waals surface area contributed by atoms with Crippen molar-refractivity contribution in [3.8, 4) is 5.75 Å². The van der Waals surface area contributed by atoms with Gasteiger partial charge in [0, 0.05) is 48.4 Å². The molecule has 3 aromatic rings. The van der Waals surface area contributed by atoms with E-state index in [1.165, 1.54) is 24.3 Å². The second kappa shape index (κ2) is 9.16. The number of fused-ring (bicyclic) bond motifs is 1. The molecule has 1 N–H and O–H groups in total. The lowest BCUT2D eigenvalue weighted by Crippen LogP contribution is -2.34. The molecule has 0 saturated carbocycles. The summed E-state index contributed by atoms with van der Waals surface area (Å²) in [4.78, 5) is 17.7. The molecular weight excluding hydrogens is 431 g/mol. The smallest absolute Gasteiger partial charge is 0.222 e. The number of amides is 1. The molecule has 0 saturated heterocycles. The van der Waals surface area contributed by atoms with Gasteiger partial charge < -0.3 is 14.6 Å². The third-order valence-electron chi connectivity index (χ3n) is 5.61. The molecule has 0 spiro atoms. The molecule has 0 bridgehead atoms. The van der Waals surface area contributed by atoms with Crippen molar-refractivity contribution in [2.45, 2.75) is 24.2 Å². The molecule has 2 aromatic carbocycles. The van der Waals surface area contributed by atoms with E-state index in [0.717, 1.165) is 34.7 Å². The Balaban J connectivity index is 1.26. The van der Waals surface area contributed by atoms with Crippen LogP contribution < -0.4 is 4.74 Å². The van der Waals surface area contributed by atoms with Crippen LogP contribution in [0.1, 0.15) is 24.8 Å². The van der Waals surface area contributed by atoms with Crippen LogP contribution in [0.4, 0.5) is 4.39 Å². The first-order valence-electron chi connectivity index (χ1n) is 10.5. The van der Waals surface area contributed by atoms with E-state index in [1.54, 1.807) is 18.2 Å². The minimum Gasteiger partial charge on any atom is -0.494 e. The van der Waals surface area contributed by atoms with Crippen molar-refractivity contribution in [1.82, 2.24) is 9.88 Å². The molecule has 1 aliphatic heterocycles. The fraction of sp³-hybridized carbons (Fsp3) is 0.292. The second-order valence-electron chi connectivity index (χ2n) is 7.91. The van der Waals surface area contributed by atoms with E-state index in [9.17, 15) is 17.6 Å². The van der Waals surface area contributed by atoms with Gasteiger partial charge >= 0.3 is 0 Å². The lowest BCUT2D eigenvalue weighted by Gasteiger charge is -2.26. The SMILES string of the molecule is CS(=O)(=O)c1ccc(OCCCC(=O)N2CC=C(c3c[nH]c4cc(F)ccc34)CC2)cc1. The molecule has 1 amide bonds. The molecule has 0 atom stereocenters. The lowest BCUT2D eigenvalue weighted by atomic mass is 9.98. The molecule has 1 aliphatic rings. The molecule has 2 heterocycles. The van der Waals surface area contributed by atoms with E-state index in [-0.39, 0.29) is 16.6 Å². The minimum atomic E-state index is -3.23. The Bertz CT molecular complexity index is 1260. The Labute approximate surface area is 186 Å². The first-order chi connectivity index (χ1) is 15.3. The number of nitrogens with zero attached hydrogens (tertiary/aromatic N) is 1. The number of carbonyl (C=O) groups excluding carboxylic acids is 1. The van der Waals surface area contributed by atoms with E-state index in [1.807, 2.05) is 11.1 Å². The normalized spacial score (nSPS) is 14.4. The van der Waals surface area contributed by atoms with Gasteiger partial charge in [-0.15, -0.1) is 0 Å². The van der Waals surface area contributed by atoms with E-state index in [0.29, 0.717) is 38.3 Å². The summed E-state index contributed by atoms with van der Waals surface area (Å²) in [7, 11) is -3.23. The van der Waals surface area contributed by atoms with E-state index < -0.39 is 9.84 Å². The Kier molecular flexibility index (Phi) is 6.32. The number of hydrogen-bond acceptors (Lipinski definition) is 4. The van der Waals surface area contributed by atoms with E-state index in [4.69, 9.17) is 4.74 Å². The van der Waals surface area contributed by atoms with Crippen LogP contribution in [-0.2, 0) is 14.6 Å². The number of aromatic amines is 1. The van der Waals surface area contributed by atoms with Crippen LogP contribution in [0.3, 0.4) is 0 Å². The number of rotatable bonds is 7. The first kappa shape index (κ1) is 22.1. The third kappa shape index (κ3) is 5.02. The van der Waals surface area contributed by atoms with Gasteiger partial charge in [-0.2, -0.15) is 0 Å². The average Bonchev–Trinajstić information content (AvgIpc) is 3.19. The fourth-order valence-corrected chi connectivity index (χ4v) is 4.49. The predicted octanol–water partition coefficient (Wildman–Crippen LogP) is 4.19. The summed E-state index contributed by atoms with van der Waals surface area (Å²) in [6.07, 6.45) is 6.83. The summed E-state index contributed by atoms with van der Waals surface area (Å²) in [6.45, 7) is 1.58. The second-order valence-corrected chi connectivity index (χ2v) is 9.92. The highest BCUT2D eigenvalue weighted by molar-refractivity contribution is 7.90. The number of aromatic nitrogens is 1. The van der Waals surface area contributed by atoms with Crippen LogP contribution in [0.2, 0.25) is 0 Å². The highest BCUT2D eigenvalue weighted by atomic mass is 32.2. The molecular formula is C24H25FN2O4S.